The van der Waals surface area contributed by atoms with Crippen LogP contribution in [0, 0.1) is 12.7 Å². The number of halogens is 1. The summed E-state index contributed by atoms with van der Waals surface area (Å²) < 4.78 is 20.0. The molecule has 0 spiro atoms. The summed E-state index contributed by atoms with van der Waals surface area (Å²) >= 11 is 0. The van der Waals surface area contributed by atoms with Crippen molar-refractivity contribution in [1.29, 1.82) is 0 Å². The standard InChI is InChI=1S/C21H19FN2O3/c1-3-27-21-12-15(5-11-20(21)26)4-10-19(25)18-13-23-24(14(18)2)17-8-6-16(22)7-9-17/h4-13,26H,3H2,1-2H3/b10-4+. The van der Waals surface area contributed by atoms with E-state index in [-0.39, 0.29) is 17.3 Å². The summed E-state index contributed by atoms with van der Waals surface area (Å²) in [5.74, 6) is -0.112. The van der Waals surface area contributed by atoms with E-state index >= 15 is 0 Å². The molecular weight excluding hydrogens is 347 g/mol. The Hall–Kier alpha value is -3.41. The molecule has 1 aromatic heterocycles. The Morgan fingerprint density at radius 1 is 1.26 bits per heavy atom. The van der Waals surface area contributed by atoms with Crippen LogP contribution in [0.5, 0.6) is 11.5 Å². The number of benzene rings is 2. The summed E-state index contributed by atoms with van der Waals surface area (Å²) in [5.41, 5.74) is 2.53. The van der Waals surface area contributed by atoms with E-state index < -0.39 is 0 Å². The lowest BCUT2D eigenvalue weighted by Crippen LogP contribution is -2.01. The minimum Gasteiger partial charge on any atom is -0.504 e. The van der Waals surface area contributed by atoms with Gasteiger partial charge < -0.3 is 9.84 Å². The van der Waals surface area contributed by atoms with Gasteiger partial charge in [0.2, 0.25) is 0 Å². The van der Waals surface area contributed by atoms with E-state index in [0.717, 1.165) is 5.56 Å². The number of hydrogen-bond acceptors (Lipinski definition) is 4. The summed E-state index contributed by atoms with van der Waals surface area (Å²) in [6.45, 7) is 4.04. The number of rotatable bonds is 6. The van der Waals surface area contributed by atoms with Crippen LogP contribution < -0.4 is 4.74 Å². The maximum atomic E-state index is 13.1. The molecule has 1 N–H and O–H groups in total. The molecule has 3 aromatic rings. The van der Waals surface area contributed by atoms with Crippen molar-refractivity contribution in [2.45, 2.75) is 13.8 Å². The van der Waals surface area contributed by atoms with E-state index in [0.29, 0.717) is 29.3 Å². The van der Waals surface area contributed by atoms with E-state index in [2.05, 4.69) is 5.10 Å². The van der Waals surface area contributed by atoms with Crippen LogP contribution in [-0.4, -0.2) is 27.3 Å². The highest BCUT2D eigenvalue weighted by Gasteiger charge is 2.13. The Bertz CT molecular complexity index is 991. The number of nitrogens with zero attached hydrogens (tertiary/aromatic N) is 2. The van der Waals surface area contributed by atoms with Crippen LogP contribution in [0.2, 0.25) is 0 Å². The molecule has 3 rings (SSSR count). The molecule has 27 heavy (non-hydrogen) atoms. The predicted octanol–water partition coefficient (Wildman–Crippen LogP) is 4.32. The Labute approximate surface area is 156 Å². The van der Waals surface area contributed by atoms with E-state index in [1.807, 2.05) is 6.92 Å². The Balaban J connectivity index is 1.82. The van der Waals surface area contributed by atoms with Gasteiger partial charge in [-0.15, -0.1) is 0 Å². The number of aromatic nitrogens is 2. The molecule has 138 valence electrons. The molecule has 0 aliphatic rings. The fourth-order valence-corrected chi connectivity index (χ4v) is 2.66. The summed E-state index contributed by atoms with van der Waals surface area (Å²) in [4.78, 5) is 12.5. The van der Waals surface area contributed by atoms with Crippen molar-refractivity contribution < 1.29 is 19.0 Å². The maximum absolute atomic E-state index is 13.1. The number of phenols is 1. The van der Waals surface area contributed by atoms with Gasteiger partial charge in [-0.05, 0) is 61.9 Å². The molecule has 0 aliphatic carbocycles. The van der Waals surface area contributed by atoms with Crippen molar-refractivity contribution in [3.8, 4) is 17.2 Å². The Morgan fingerprint density at radius 2 is 2.00 bits per heavy atom. The topological polar surface area (TPSA) is 64.3 Å². The highest BCUT2D eigenvalue weighted by Crippen LogP contribution is 2.27. The lowest BCUT2D eigenvalue weighted by Gasteiger charge is -2.06. The van der Waals surface area contributed by atoms with Crippen LogP contribution in [0.4, 0.5) is 4.39 Å². The molecular formula is C21H19FN2O3. The number of carbonyl (C=O) groups excluding carboxylic acids is 1. The van der Waals surface area contributed by atoms with Crippen LogP contribution in [0.3, 0.4) is 0 Å². The Kier molecular flexibility index (Phi) is 5.35. The van der Waals surface area contributed by atoms with Gasteiger partial charge in [0.1, 0.15) is 5.82 Å². The minimum atomic E-state index is -0.330. The molecule has 6 heteroatoms. The van der Waals surface area contributed by atoms with E-state index in [4.69, 9.17) is 4.74 Å². The number of carbonyl (C=O) groups is 1. The fourth-order valence-electron chi connectivity index (χ4n) is 2.66. The molecule has 0 unspecified atom stereocenters. The van der Waals surface area contributed by atoms with E-state index in [1.165, 1.54) is 30.5 Å². The fraction of sp³-hybridized carbons (Fsp3) is 0.143. The van der Waals surface area contributed by atoms with Crippen LogP contribution >= 0.6 is 0 Å². The zero-order valence-corrected chi connectivity index (χ0v) is 15.0. The number of ether oxygens (including phenoxy) is 1. The largest absolute Gasteiger partial charge is 0.504 e. The normalized spacial score (nSPS) is 11.1. The van der Waals surface area contributed by atoms with Crippen molar-refractivity contribution in [2.75, 3.05) is 6.61 Å². The molecule has 0 aliphatic heterocycles. The lowest BCUT2D eigenvalue weighted by molar-refractivity contribution is 0.104. The van der Waals surface area contributed by atoms with Crippen LogP contribution in [0.25, 0.3) is 11.8 Å². The zero-order chi connectivity index (χ0) is 19.4. The van der Waals surface area contributed by atoms with Crippen LogP contribution in [-0.2, 0) is 0 Å². The van der Waals surface area contributed by atoms with E-state index in [1.54, 1.807) is 41.9 Å². The van der Waals surface area contributed by atoms with Gasteiger partial charge in [0, 0.05) is 0 Å². The molecule has 1 heterocycles. The van der Waals surface area contributed by atoms with Gasteiger partial charge in [-0.2, -0.15) is 5.10 Å². The average molecular weight is 366 g/mol. The van der Waals surface area contributed by atoms with Crippen molar-refractivity contribution >= 4 is 11.9 Å². The molecule has 0 atom stereocenters. The second-order valence-corrected chi connectivity index (χ2v) is 5.89. The highest BCUT2D eigenvalue weighted by molar-refractivity contribution is 6.07. The van der Waals surface area contributed by atoms with Crippen LogP contribution in [0.15, 0.2) is 54.7 Å². The first-order valence-corrected chi connectivity index (χ1v) is 8.48. The first-order valence-electron chi connectivity index (χ1n) is 8.48. The minimum absolute atomic E-state index is 0.0525. The van der Waals surface area contributed by atoms with Gasteiger partial charge in [-0.25, -0.2) is 9.07 Å². The molecule has 0 radical (unpaired) electrons. The van der Waals surface area contributed by atoms with Gasteiger partial charge in [0.15, 0.2) is 17.3 Å². The number of phenolic OH excluding ortho intramolecular Hbond substituents is 1. The summed E-state index contributed by atoms with van der Waals surface area (Å²) in [7, 11) is 0. The van der Waals surface area contributed by atoms with Gasteiger partial charge in [0.25, 0.3) is 0 Å². The molecule has 0 saturated heterocycles. The summed E-state index contributed by atoms with van der Waals surface area (Å²) in [5, 5.41) is 14.0. The molecule has 0 fully saturated rings. The van der Waals surface area contributed by atoms with Crippen molar-refractivity contribution in [3.05, 3.63) is 77.4 Å². The van der Waals surface area contributed by atoms with Crippen molar-refractivity contribution in [2.24, 2.45) is 0 Å². The highest BCUT2D eigenvalue weighted by atomic mass is 19.1. The first-order chi connectivity index (χ1) is 13.0. The van der Waals surface area contributed by atoms with Gasteiger partial charge in [-0.3, -0.25) is 4.79 Å². The molecule has 0 amide bonds. The second kappa shape index (κ2) is 7.86. The number of ketones is 1. The van der Waals surface area contributed by atoms with Gasteiger partial charge in [0.05, 0.1) is 29.7 Å². The molecule has 0 bridgehead atoms. The number of aromatic hydroxyl groups is 1. The molecule has 2 aromatic carbocycles. The van der Waals surface area contributed by atoms with Crippen molar-refractivity contribution in [3.63, 3.8) is 0 Å². The monoisotopic (exact) mass is 366 g/mol. The van der Waals surface area contributed by atoms with Gasteiger partial charge in [-0.1, -0.05) is 12.1 Å². The van der Waals surface area contributed by atoms with Gasteiger partial charge >= 0.3 is 0 Å². The second-order valence-electron chi connectivity index (χ2n) is 5.89. The van der Waals surface area contributed by atoms with Crippen LogP contribution in [0.1, 0.15) is 28.5 Å². The Morgan fingerprint density at radius 3 is 2.70 bits per heavy atom. The maximum Gasteiger partial charge on any atom is 0.189 e. The predicted molar refractivity (Wildman–Crippen MR) is 101 cm³/mol. The average Bonchev–Trinajstić information content (AvgIpc) is 3.04. The zero-order valence-electron chi connectivity index (χ0n) is 15.0. The third kappa shape index (κ3) is 4.06. The third-order valence-electron chi connectivity index (χ3n) is 4.06. The summed E-state index contributed by atoms with van der Waals surface area (Å²) in [6, 6.07) is 10.8. The first kappa shape index (κ1) is 18.4. The third-order valence-corrected chi connectivity index (χ3v) is 4.06. The number of allylic oxidation sites excluding steroid dienone is 1. The molecule has 0 saturated carbocycles. The van der Waals surface area contributed by atoms with Crippen molar-refractivity contribution in [1.82, 2.24) is 9.78 Å². The smallest absolute Gasteiger partial charge is 0.189 e. The lowest BCUT2D eigenvalue weighted by atomic mass is 10.1. The summed E-state index contributed by atoms with van der Waals surface area (Å²) in [6.07, 6.45) is 4.59. The SMILES string of the molecule is CCOc1cc(/C=C/C(=O)c2cnn(-c3ccc(F)cc3)c2C)ccc1O. The molecule has 5 nitrogen and oxygen atoms in total. The van der Waals surface area contributed by atoms with E-state index in [9.17, 15) is 14.3 Å². The quantitative estimate of drug-likeness (QED) is 0.521. The number of hydrogen-bond donors (Lipinski definition) is 1.